The van der Waals surface area contributed by atoms with Crippen molar-refractivity contribution in [3.05, 3.63) is 0 Å². The van der Waals surface area contributed by atoms with Crippen LogP contribution >= 0.6 is 12.6 Å². The van der Waals surface area contributed by atoms with Gasteiger partial charge in [0.2, 0.25) is 0 Å². The third-order valence-corrected chi connectivity index (χ3v) is 0.317. The molecule has 1 unspecified atom stereocenters. The molecular weight excluding hydrogens is 100 g/mol. The number of carboxylic acids is 1. The summed E-state index contributed by atoms with van der Waals surface area (Å²) in [7, 11) is 0. The summed E-state index contributed by atoms with van der Waals surface area (Å²) < 4.78 is 19.9. The van der Waals surface area contributed by atoms with Crippen molar-refractivity contribution in [1.82, 2.24) is 0 Å². The second-order valence-electron chi connectivity index (χ2n) is 0.579. The zero-order valence-corrected chi connectivity index (χ0v) is 3.77. The summed E-state index contributed by atoms with van der Waals surface area (Å²) in [5.41, 5.74) is -1.53. The van der Waals surface area contributed by atoms with Crippen molar-refractivity contribution >= 4 is 18.6 Å². The molecule has 0 radical (unpaired) electrons. The number of carbonyl (C=O) groups is 1. The molecule has 1 N–H and O–H groups in total. The number of aliphatic carboxylic acids is 1. The van der Waals surface area contributed by atoms with Gasteiger partial charge in [0.15, 0.2) is 0 Å². The van der Waals surface area contributed by atoms with Crippen LogP contribution in [0.25, 0.3) is 0 Å². The quantitative estimate of drug-likeness (QED) is 0.503. The summed E-state index contributed by atoms with van der Waals surface area (Å²) in [6, 6.07) is 0. The first kappa shape index (κ1) is 2.21. The van der Waals surface area contributed by atoms with Gasteiger partial charge in [0.25, 0.3) is 0 Å². The highest BCUT2D eigenvalue weighted by atomic mass is 32.1. The first-order valence-corrected chi connectivity index (χ1v) is 1.74. The van der Waals surface area contributed by atoms with Crippen molar-refractivity contribution in [2.45, 2.75) is 6.37 Å². The number of rotatable bonds is 2. The maximum atomic E-state index is 9.92. The second-order valence-corrected chi connectivity index (χ2v) is 0.837. The molecule has 36 valence electrons. The summed E-state index contributed by atoms with van der Waals surface area (Å²) >= 11 is 3.33. The van der Waals surface area contributed by atoms with Gasteiger partial charge in [-0.05, 0) is 0 Å². The minimum atomic E-state index is -2.55. The minimum Gasteiger partial charge on any atom is -0.481 e. The Bertz CT molecular complexity index is 124. The second kappa shape index (κ2) is 3.03. The largest absolute Gasteiger partial charge is 0.481 e. The summed E-state index contributed by atoms with van der Waals surface area (Å²) in [6.07, 6.45) is -2.55. The maximum Gasteiger partial charge on any atom is 0.304 e. The Hall–Kier alpha value is -0.180. The summed E-state index contributed by atoms with van der Waals surface area (Å²) in [4.78, 5) is 9.92. The van der Waals surface area contributed by atoms with E-state index in [0.717, 1.165) is 0 Å². The third kappa shape index (κ3) is 3.82. The van der Waals surface area contributed by atoms with Gasteiger partial charge in [-0.2, -0.15) is 12.6 Å². The molecule has 6 heavy (non-hydrogen) atoms. The molecule has 0 heterocycles. The van der Waals surface area contributed by atoms with Crippen molar-refractivity contribution < 1.29 is 14.0 Å². The Balaban J connectivity index is 4.19. The van der Waals surface area contributed by atoms with Crippen molar-refractivity contribution in [2.75, 3.05) is 5.73 Å². The molecule has 0 spiro atoms. The molecule has 0 amide bonds. The lowest BCUT2D eigenvalue weighted by Gasteiger charge is -1.79. The zero-order chi connectivity index (χ0) is 7.65. The summed E-state index contributed by atoms with van der Waals surface area (Å²) in [5, 5.41) is 8.07. The molecule has 0 aliphatic rings. The molecule has 0 rings (SSSR count). The first-order valence-electron chi connectivity index (χ1n) is 2.80. The molecule has 0 aromatic carbocycles. The zero-order valence-electron chi connectivity index (χ0n) is 5.88. The van der Waals surface area contributed by atoms with Crippen LogP contribution in [0.15, 0.2) is 0 Å². The SMILES string of the molecule is [2H]C(S)C([2H])([2H])C(=O)O. The monoisotopic (exact) mass is 109 g/mol. The van der Waals surface area contributed by atoms with Crippen LogP contribution in [0.2, 0.25) is 0 Å². The third-order valence-electron chi connectivity index (χ3n) is 0.188. The first-order chi connectivity index (χ1) is 3.89. The predicted molar refractivity (Wildman–Crippen MR) is 26.1 cm³/mol. The molecule has 1 atom stereocenters. The Morgan fingerprint density at radius 2 is 2.67 bits per heavy atom. The van der Waals surface area contributed by atoms with Crippen molar-refractivity contribution in [3.63, 3.8) is 0 Å². The van der Waals surface area contributed by atoms with E-state index in [-0.39, 0.29) is 0 Å². The van der Waals surface area contributed by atoms with Crippen molar-refractivity contribution in [1.29, 1.82) is 0 Å². The van der Waals surface area contributed by atoms with Crippen molar-refractivity contribution in [3.8, 4) is 0 Å². The molecule has 3 heteroatoms. The molecule has 0 fully saturated rings. The average molecular weight is 109 g/mol. The maximum absolute atomic E-state index is 9.92. The van der Waals surface area contributed by atoms with Gasteiger partial charge >= 0.3 is 5.97 Å². The van der Waals surface area contributed by atoms with Crippen molar-refractivity contribution in [2.24, 2.45) is 0 Å². The van der Waals surface area contributed by atoms with E-state index in [2.05, 4.69) is 12.6 Å². The lowest BCUT2D eigenvalue weighted by Crippen LogP contribution is -1.93. The van der Waals surface area contributed by atoms with E-state index < -0.39 is 18.1 Å². The molecule has 0 saturated carbocycles. The number of hydrogen-bond acceptors (Lipinski definition) is 2. The lowest BCUT2D eigenvalue weighted by molar-refractivity contribution is -0.136. The number of thiol groups is 1. The van der Waals surface area contributed by atoms with Gasteiger partial charge in [0, 0.05) is 9.84 Å². The van der Waals surface area contributed by atoms with E-state index in [4.69, 9.17) is 9.22 Å². The van der Waals surface area contributed by atoms with Gasteiger partial charge in [-0.25, -0.2) is 0 Å². The van der Waals surface area contributed by atoms with E-state index >= 15 is 0 Å². The highest BCUT2D eigenvalue weighted by Crippen LogP contribution is 1.79. The minimum absolute atomic E-state index is 1.53. The molecule has 0 bridgehead atoms. The Morgan fingerprint density at radius 1 is 2.17 bits per heavy atom. The van der Waals surface area contributed by atoms with Crippen LogP contribution in [0.3, 0.4) is 0 Å². The van der Waals surface area contributed by atoms with Gasteiger partial charge in [-0.1, -0.05) is 0 Å². The Labute approximate surface area is 45.8 Å². The fourth-order valence-electron chi connectivity index (χ4n) is 0.0552. The molecule has 2 nitrogen and oxygen atoms in total. The van der Waals surface area contributed by atoms with Gasteiger partial charge in [0.1, 0.15) is 0 Å². The number of hydrogen-bond donors (Lipinski definition) is 2. The highest BCUT2D eigenvalue weighted by molar-refractivity contribution is 7.80. The average Bonchev–Trinajstić information content (AvgIpc) is 1.65. The van der Waals surface area contributed by atoms with Crippen LogP contribution < -0.4 is 0 Å². The molecule has 0 aliphatic heterocycles. The van der Waals surface area contributed by atoms with Crippen LogP contribution in [0, 0.1) is 0 Å². The van der Waals surface area contributed by atoms with Gasteiger partial charge in [-0.15, -0.1) is 0 Å². The molecular formula is C3H6O2S. The van der Waals surface area contributed by atoms with E-state index in [9.17, 15) is 4.79 Å². The van der Waals surface area contributed by atoms with Crippen LogP contribution in [-0.4, -0.2) is 16.8 Å². The van der Waals surface area contributed by atoms with E-state index in [1.165, 1.54) is 0 Å². The normalized spacial score (nSPS) is 23.2. The van der Waals surface area contributed by atoms with Gasteiger partial charge in [-0.3, -0.25) is 4.79 Å². The van der Waals surface area contributed by atoms with Crippen LogP contribution in [0.1, 0.15) is 10.5 Å². The fourth-order valence-corrected chi connectivity index (χ4v) is 0.166. The standard InChI is InChI=1S/C3H6O2S/c4-3(5)1-2-6/h6H,1-2H2,(H,4,5)/i1D2,2D. The fraction of sp³-hybridized carbons (Fsp3) is 0.667. The van der Waals surface area contributed by atoms with Gasteiger partial charge in [0.05, 0.1) is 6.37 Å². The highest BCUT2D eigenvalue weighted by Gasteiger charge is 1.88. The van der Waals surface area contributed by atoms with Crippen LogP contribution in [-0.2, 0) is 4.79 Å². The molecule has 0 aromatic heterocycles. The summed E-state index contributed by atoms with van der Waals surface area (Å²) in [5.74, 6) is -1.66. The lowest BCUT2D eigenvalue weighted by atomic mass is 10.5. The topological polar surface area (TPSA) is 37.3 Å². The molecule has 0 aromatic rings. The smallest absolute Gasteiger partial charge is 0.304 e. The van der Waals surface area contributed by atoms with E-state index in [1.807, 2.05) is 0 Å². The van der Waals surface area contributed by atoms with E-state index in [0.29, 0.717) is 0 Å². The van der Waals surface area contributed by atoms with E-state index in [1.54, 1.807) is 0 Å². The Morgan fingerprint density at radius 3 is 2.67 bits per heavy atom. The number of carboxylic acid groups (broad SMARTS) is 1. The Kier molecular flexibility index (Phi) is 1.12. The van der Waals surface area contributed by atoms with Gasteiger partial charge < -0.3 is 5.11 Å². The summed E-state index contributed by atoms with van der Waals surface area (Å²) in [6.45, 7) is 0. The van der Waals surface area contributed by atoms with Crippen LogP contribution in [0.4, 0.5) is 0 Å². The molecule has 0 saturated heterocycles. The predicted octanol–water partition coefficient (Wildman–Crippen LogP) is 0.391. The molecule has 0 aliphatic carbocycles. The van der Waals surface area contributed by atoms with Crippen LogP contribution in [0.5, 0.6) is 0 Å².